The van der Waals surface area contributed by atoms with Gasteiger partial charge in [0.1, 0.15) is 5.75 Å². The lowest BCUT2D eigenvalue weighted by Crippen LogP contribution is -2.22. The van der Waals surface area contributed by atoms with Gasteiger partial charge in [-0.05, 0) is 53.6 Å². The molecule has 8 heteroatoms. The van der Waals surface area contributed by atoms with Gasteiger partial charge in [-0.3, -0.25) is 14.4 Å². The fourth-order valence-electron chi connectivity index (χ4n) is 3.24. The van der Waals surface area contributed by atoms with Gasteiger partial charge < -0.3 is 24.8 Å². The second-order valence-electron chi connectivity index (χ2n) is 7.42. The van der Waals surface area contributed by atoms with Crippen molar-refractivity contribution in [1.29, 1.82) is 0 Å². The summed E-state index contributed by atoms with van der Waals surface area (Å²) in [5, 5.41) is 5.68. The van der Waals surface area contributed by atoms with Gasteiger partial charge in [0.05, 0.1) is 20.6 Å². The zero-order valence-corrected chi connectivity index (χ0v) is 19.2. The third-order valence-electron chi connectivity index (χ3n) is 4.86. The van der Waals surface area contributed by atoms with Gasteiger partial charge in [0.15, 0.2) is 11.5 Å². The number of nitrogens with one attached hydrogen (secondary N) is 2. The largest absolute Gasteiger partial charge is 0.493 e. The van der Waals surface area contributed by atoms with E-state index in [1.165, 1.54) is 13.0 Å². The lowest BCUT2D eigenvalue weighted by molar-refractivity contribution is -0.131. The third kappa shape index (κ3) is 6.83. The van der Waals surface area contributed by atoms with Crippen LogP contribution in [0.5, 0.6) is 17.2 Å². The van der Waals surface area contributed by atoms with Gasteiger partial charge in [0, 0.05) is 24.7 Å². The minimum Gasteiger partial charge on any atom is -0.493 e. The highest BCUT2D eigenvalue weighted by Gasteiger charge is 2.10. The molecule has 0 radical (unpaired) electrons. The highest BCUT2D eigenvalue weighted by atomic mass is 16.5. The zero-order chi connectivity index (χ0) is 24.5. The summed E-state index contributed by atoms with van der Waals surface area (Å²) in [6.45, 7) is 1.60. The van der Waals surface area contributed by atoms with Gasteiger partial charge >= 0.3 is 5.97 Å². The van der Waals surface area contributed by atoms with Gasteiger partial charge in [-0.15, -0.1) is 0 Å². The Morgan fingerprint density at radius 1 is 0.824 bits per heavy atom. The standard InChI is InChI=1S/C26H26N2O6/c1-17(29)34-22-6-4-5-20(15-22)26(31)27-16-18-7-10-21(11-8-18)28-25(30)14-19-9-12-23(32-2)24(13-19)33-3/h4-13,15H,14,16H2,1-3H3,(H,27,31)(H,28,30). The Labute approximate surface area is 197 Å². The van der Waals surface area contributed by atoms with Crippen molar-refractivity contribution in [2.45, 2.75) is 19.9 Å². The second-order valence-corrected chi connectivity index (χ2v) is 7.42. The Morgan fingerprint density at radius 2 is 1.53 bits per heavy atom. The molecule has 0 spiro atoms. The van der Waals surface area contributed by atoms with E-state index in [1.807, 2.05) is 18.2 Å². The van der Waals surface area contributed by atoms with E-state index in [-0.39, 0.29) is 18.2 Å². The SMILES string of the molecule is COc1ccc(CC(=O)Nc2ccc(CNC(=O)c3cccc(OC(C)=O)c3)cc2)cc1OC. The summed E-state index contributed by atoms with van der Waals surface area (Å²) < 4.78 is 15.5. The number of amides is 2. The number of esters is 1. The molecule has 0 aliphatic heterocycles. The van der Waals surface area contributed by atoms with Crippen LogP contribution in [0.3, 0.4) is 0 Å². The maximum absolute atomic E-state index is 12.4. The molecule has 0 saturated carbocycles. The predicted octanol–water partition coefficient (Wildman–Crippen LogP) is 3.74. The molecule has 176 valence electrons. The Hall–Kier alpha value is -4.33. The molecule has 0 atom stereocenters. The summed E-state index contributed by atoms with van der Waals surface area (Å²) in [5.74, 6) is 0.577. The lowest BCUT2D eigenvalue weighted by atomic mass is 10.1. The molecule has 8 nitrogen and oxygen atoms in total. The minimum absolute atomic E-state index is 0.166. The van der Waals surface area contributed by atoms with Crippen LogP contribution in [0.2, 0.25) is 0 Å². The molecular formula is C26H26N2O6. The molecule has 3 rings (SSSR count). The molecule has 0 aliphatic rings. The molecule has 2 N–H and O–H groups in total. The van der Waals surface area contributed by atoms with Gasteiger partial charge in [-0.2, -0.15) is 0 Å². The third-order valence-corrected chi connectivity index (χ3v) is 4.86. The number of hydrogen-bond donors (Lipinski definition) is 2. The van der Waals surface area contributed by atoms with Crippen molar-refractivity contribution in [2.24, 2.45) is 0 Å². The molecular weight excluding hydrogens is 436 g/mol. The summed E-state index contributed by atoms with van der Waals surface area (Å²) in [6, 6.07) is 18.9. The highest BCUT2D eigenvalue weighted by Crippen LogP contribution is 2.27. The van der Waals surface area contributed by atoms with Crippen molar-refractivity contribution in [1.82, 2.24) is 5.32 Å². The van der Waals surface area contributed by atoms with Crippen molar-refractivity contribution >= 4 is 23.5 Å². The van der Waals surface area contributed by atoms with Gasteiger partial charge in [0.25, 0.3) is 5.91 Å². The molecule has 0 fully saturated rings. The van der Waals surface area contributed by atoms with Crippen molar-refractivity contribution < 1.29 is 28.6 Å². The van der Waals surface area contributed by atoms with E-state index in [0.717, 1.165) is 11.1 Å². The van der Waals surface area contributed by atoms with Crippen LogP contribution in [0.4, 0.5) is 5.69 Å². The average molecular weight is 463 g/mol. The molecule has 0 unspecified atom stereocenters. The van der Waals surface area contributed by atoms with E-state index in [1.54, 1.807) is 56.7 Å². The normalized spacial score (nSPS) is 10.2. The first-order valence-corrected chi connectivity index (χ1v) is 10.5. The first-order chi connectivity index (χ1) is 16.4. The van der Waals surface area contributed by atoms with Crippen LogP contribution >= 0.6 is 0 Å². The molecule has 0 aromatic heterocycles. The molecule has 3 aromatic carbocycles. The number of benzene rings is 3. The van der Waals surface area contributed by atoms with Crippen molar-refractivity contribution in [3.8, 4) is 17.2 Å². The topological polar surface area (TPSA) is 103 Å². The Balaban J connectivity index is 1.52. The number of ether oxygens (including phenoxy) is 3. The van der Waals surface area contributed by atoms with Crippen LogP contribution in [0.1, 0.15) is 28.4 Å². The minimum atomic E-state index is -0.450. The van der Waals surface area contributed by atoms with E-state index in [2.05, 4.69) is 10.6 Å². The fourth-order valence-corrected chi connectivity index (χ4v) is 3.24. The average Bonchev–Trinajstić information content (AvgIpc) is 2.83. The van der Waals surface area contributed by atoms with Crippen LogP contribution < -0.4 is 24.8 Å². The second kappa shape index (κ2) is 11.5. The van der Waals surface area contributed by atoms with Crippen LogP contribution in [-0.2, 0) is 22.6 Å². The van der Waals surface area contributed by atoms with E-state index >= 15 is 0 Å². The zero-order valence-electron chi connectivity index (χ0n) is 19.2. The number of carbonyl (C=O) groups excluding carboxylic acids is 3. The fraction of sp³-hybridized carbons (Fsp3) is 0.192. The number of rotatable bonds is 9. The molecule has 34 heavy (non-hydrogen) atoms. The van der Waals surface area contributed by atoms with Crippen molar-refractivity contribution in [3.05, 3.63) is 83.4 Å². The Bertz CT molecular complexity index is 1170. The van der Waals surface area contributed by atoms with E-state index < -0.39 is 5.97 Å². The first-order valence-electron chi connectivity index (χ1n) is 10.5. The summed E-state index contributed by atoms with van der Waals surface area (Å²) >= 11 is 0. The smallest absolute Gasteiger partial charge is 0.308 e. The monoisotopic (exact) mass is 462 g/mol. The first kappa shape index (κ1) is 24.3. The van der Waals surface area contributed by atoms with Crippen LogP contribution in [0, 0.1) is 0 Å². The predicted molar refractivity (Wildman–Crippen MR) is 127 cm³/mol. The number of methoxy groups -OCH3 is 2. The van der Waals surface area contributed by atoms with Gasteiger partial charge in [-0.1, -0.05) is 24.3 Å². The molecule has 0 saturated heterocycles. The maximum atomic E-state index is 12.4. The highest BCUT2D eigenvalue weighted by molar-refractivity contribution is 5.94. The molecule has 0 heterocycles. The molecule has 2 amide bonds. The Kier molecular flexibility index (Phi) is 8.23. The van der Waals surface area contributed by atoms with E-state index in [4.69, 9.17) is 14.2 Å². The molecule has 3 aromatic rings. The van der Waals surface area contributed by atoms with E-state index in [0.29, 0.717) is 35.0 Å². The number of hydrogen-bond acceptors (Lipinski definition) is 6. The Morgan fingerprint density at radius 3 is 2.21 bits per heavy atom. The quantitative estimate of drug-likeness (QED) is 0.371. The van der Waals surface area contributed by atoms with Gasteiger partial charge in [-0.25, -0.2) is 0 Å². The van der Waals surface area contributed by atoms with Crippen LogP contribution in [0.15, 0.2) is 66.7 Å². The number of carbonyl (C=O) groups is 3. The number of anilines is 1. The van der Waals surface area contributed by atoms with Crippen molar-refractivity contribution in [2.75, 3.05) is 19.5 Å². The summed E-state index contributed by atoms with van der Waals surface area (Å²) in [4.78, 5) is 35.9. The summed E-state index contributed by atoms with van der Waals surface area (Å²) in [7, 11) is 3.11. The van der Waals surface area contributed by atoms with Crippen molar-refractivity contribution in [3.63, 3.8) is 0 Å². The van der Waals surface area contributed by atoms with Crippen LogP contribution in [-0.4, -0.2) is 32.0 Å². The summed E-state index contributed by atoms with van der Waals surface area (Å²) in [5.41, 5.74) is 2.70. The molecule has 0 aliphatic carbocycles. The maximum Gasteiger partial charge on any atom is 0.308 e. The van der Waals surface area contributed by atoms with Gasteiger partial charge in [0.2, 0.25) is 5.91 Å². The van der Waals surface area contributed by atoms with Crippen LogP contribution in [0.25, 0.3) is 0 Å². The van der Waals surface area contributed by atoms with E-state index in [9.17, 15) is 14.4 Å². The lowest BCUT2D eigenvalue weighted by Gasteiger charge is -2.10. The molecule has 0 bridgehead atoms. The summed E-state index contributed by atoms with van der Waals surface area (Å²) in [6.07, 6.45) is 0.185.